The van der Waals surface area contributed by atoms with Gasteiger partial charge in [0, 0.05) is 0 Å². The van der Waals surface area contributed by atoms with Crippen molar-refractivity contribution in [3.8, 4) is 0 Å². The standard InChI is InChI=1S/C9H11NO3/c1-9-5-3-2-4(13-5)6(9)7(11)10-8(9)12/h4-6H,2-3H2,1H3,(H,10,11,12)/t4-,5+,6?,9+/m1/s1. The van der Waals surface area contributed by atoms with Crippen LogP contribution in [0, 0.1) is 11.3 Å². The molecule has 3 saturated heterocycles. The Bertz CT molecular complexity index is 314. The highest BCUT2D eigenvalue weighted by Gasteiger charge is 2.67. The van der Waals surface area contributed by atoms with Gasteiger partial charge >= 0.3 is 0 Å². The van der Waals surface area contributed by atoms with Gasteiger partial charge in [-0.3, -0.25) is 14.9 Å². The van der Waals surface area contributed by atoms with E-state index in [1.807, 2.05) is 6.92 Å². The van der Waals surface area contributed by atoms with Crippen molar-refractivity contribution in [2.75, 3.05) is 0 Å². The van der Waals surface area contributed by atoms with Crippen LogP contribution in [0.3, 0.4) is 0 Å². The first-order valence-electron chi connectivity index (χ1n) is 4.65. The fraction of sp³-hybridized carbons (Fsp3) is 0.778. The van der Waals surface area contributed by atoms with Crippen molar-refractivity contribution in [2.45, 2.75) is 32.0 Å². The van der Waals surface area contributed by atoms with E-state index in [1.165, 1.54) is 0 Å². The van der Waals surface area contributed by atoms with Crippen molar-refractivity contribution in [1.82, 2.24) is 5.32 Å². The number of rotatable bonds is 0. The molecule has 0 aliphatic carbocycles. The summed E-state index contributed by atoms with van der Waals surface area (Å²) >= 11 is 0. The van der Waals surface area contributed by atoms with Gasteiger partial charge in [-0.25, -0.2) is 0 Å². The van der Waals surface area contributed by atoms with Gasteiger partial charge in [0.15, 0.2) is 0 Å². The van der Waals surface area contributed by atoms with Gasteiger partial charge in [-0.15, -0.1) is 0 Å². The summed E-state index contributed by atoms with van der Waals surface area (Å²) in [5.41, 5.74) is -0.569. The molecule has 4 nitrogen and oxygen atoms in total. The molecule has 4 heteroatoms. The van der Waals surface area contributed by atoms with Gasteiger partial charge in [-0.05, 0) is 19.8 Å². The number of nitrogens with one attached hydrogen (secondary N) is 1. The van der Waals surface area contributed by atoms with Crippen LogP contribution in [-0.4, -0.2) is 24.0 Å². The molecule has 3 aliphatic rings. The molecule has 3 fully saturated rings. The maximum atomic E-state index is 11.6. The molecule has 0 radical (unpaired) electrons. The van der Waals surface area contributed by atoms with Crippen LogP contribution in [0.2, 0.25) is 0 Å². The Labute approximate surface area is 75.6 Å². The van der Waals surface area contributed by atoms with Crippen molar-refractivity contribution in [2.24, 2.45) is 11.3 Å². The lowest BCUT2D eigenvalue weighted by Gasteiger charge is -2.27. The second-order valence-corrected chi connectivity index (χ2v) is 4.32. The van der Waals surface area contributed by atoms with E-state index in [9.17, 15) is 9.59 Å². The topological polar surface area (TPSA) is 55.4 Å². The van der Waals surface area contributed by atoms with Gasteiger partial charge in [-0.2, -0.15) is 0 Å². The Morgan fingerprint density at radius 2 is 2.23 bits per heavy atom. The van der Waals surface area contributed by atoms with Gasteiger partial charge in [0.05, 0.1) is 23.5 Å². The maximum absolute atomic E-state index is 11.6. The summed E-state index contributed by atoms with van der Waals surface area (Å²) < 4.78 is 5.60. The SMILES string of the molecule is C[C@@]12C(=O)NC(=O)C1[C@H]1CC[C@@H]2O1. The van der Waals surface area contributed by atoms with Crippen LogP contribution in [0.4, 0.5) is 0 Å². The van der Waals surface area contributed by atoms with Gasteiger partial charge in [-0.1, -0.05) is 0 Å². The quantitative estimate of drug-likeness (QED) is 0.528. The molecule has 2 amide bonds. The molecule has 1 N–H and O–H groups in total. The van der Waals surface area contributed by atoms with E-state index in [0.717, 1.165) is 12.8 Å². The normalized spacial score (nSPS) is 52.5. The monoisotopic (exact) mass is 181 g/mol. The largest absolute Gasteiger partial charge is 0.373 e. The number of fused-ring (bicyclic) bond motifs is 5. The lowest BCUT2D eigenvalue weighted by molar-refractivity contribution is -0.131. The van der Waals surface area contributed by atoms with Crippen LogP contribution in [0.1, 0.15) is 19.8 Å². The minimum atomic E-state index is -0.569. The number of hydrogen-bond donors (Lipinski definition) is 1. The molecule has 3 rings (SSSR count). The first-order chi connectivity index (χ1) is 6.14. The third-order valence-electron chi connectivity index (χ3n) is 3.75. The molecular formula is C9H11NO3. The zero-order chi connectivity index (χ0) is 9.22. The molecule has 0 aromatic carbocycles. The molecule has 2 bridgehead atoms. The Balaban J connectivity index is 2.12. The van der Waals surface area contributed by atoms with Crippen LogP contribution < -0.4 is 5.32 Å². The van der Waals surface area contributed by atoms with Gasteiger partial charge in [0.25, 0.3) is 0 Å². The summed E-state index contributed by atoms with van der Waals surface area (Å²) in [6.45, 7) is 1.85. The maximum Gasteiger partial charge on any atom is 0.236 e. The van der Waals surface area contributed by atoms with Gasteiger partial charge in [0.1, 0.15) is 0 Å². The summed E-state index contributed by atoms with van der Waals surface area (Å²) in [7, 11) is 0. The third kappa shape index (κ3) is 0.633. The summed E-state index contributed by atoms with van der Waals surface area (Å²) in [6, 6.07) is 0. The number of amides is 2. The molecule has 0 aromatic heterocycles. The number of carbonyl (C=O) groups is 2. The number of ether oxygens (including phenoxy) is 1. The molecule has 1 unspecified atom stereocenters. The van der Waals surface area contributed by atoms with E-state index in [2.05, 4.69) is 5.32 Å². The van der Waals surface area contributed by atoms with Crippen molar-refractivity contribution in [3.63, 3.8) is 0 Å². The van der Waals surface area contributed by atoms with E-state index in [-0.39, 0.29) is 29.9 Å². The summed E-state index contributed by atoms with van der Waals surface area (Å²) in [5.74, 6) is -0.506. The Morgan fingerprint density at radius 1 is 1.46 bits per heavy atom. The molecule has 4 atom stereocenters. The summed E-state index contributed by atoms with van der Waals surface area (Å²) in [6.07, 6.45) is 1.79. The highest BCUT2D eigenvalue weighted by atomic mass is 16.5. The minimum Gasteiger partial charge on any atom is -0.373 e. The molecule has 3 aliphatic heterocycles. The molecule has 0 spiro atoms. The van der Waals surface area contributed by atoms with Crippen molar-refractivity contribution >= 4 is 11.8 Å². The smallest absolute Gasteiger partial charge is 0.236 e. The lowest BCUT2D eigenvalue weighted by atomic mass is 9.69. The Morgan fingerprint density at radius 3 is 2.92 bits per heavy atom. The molecule has 0 saturated carbocycles. The van der Waals surface area contributed by atoms with Gasteiger partial charge < -0.3 is 4.74 Å². The fourth-order valence-corrected chi connectivity index (χ4v) is 2.99. The minimum absolute atomic E-state index is 0.0125. The highest BCUT2D eigenvalue weighted by molar-refractivity contribution is 6.08. The highest BCUT2D eigenvalue weighted by Crippen LogP contribution is 2.54. The number of carbonyl (C=O) groups excluding carboxylic acids is 2. The van der Waals surface area contributed by atoms with Crippen LogP contribution >= 0.6 is 0 Å². The summed E-state index contributed by atoms with van der Waals surface area (Å²) in [4.78, 5) is 23.0. The second-order valence-electron chi connectivity index (χ2n) is 4.32. The van der Waals surface area contributed by atoms with Crippen LogP contribution in [0.5, 0.6) is 0 Å². The summed E-state index contributed by atoms with van der Waals surface area (Å²) in [5, 5.41) is 2.40. The van der Waals surface area contributed by atoms with Crippen molar-refractivity contribution in [1.29, 1.82) is 0 Å². The van der Waals surface area contributed by atoms with Crippen LogP contribution in [0.15, 0.2) is 0 Å². The average molecular weight is 181 g/mol. The van der Waals surface area contributed by atoms with E-state index >= 15 is 0 Å². The van der Waals surface area contributed by atoms with E-state index in [0.29, 0.717) is 0 Å². The molecule has 0 aromatic rings. The second kappa shape index (κ2) is 1.95. The van der Waals surface area contributed by atoms with Crippen molar-refractivity contribution < 1.29 is 14.3 Å². The first kappa shape index (κ1) is 7.50. The van der Waals surface area contributed by atoms with E-state index in [4.69, 9.17) is 4.74 Å². The first-order valence-corrected chi connectivity index (χ1v) is 4.65. The molecular weight excluding hydrogens is 170 g/mol. The molecule has 13 heavy (non-hydrogen) atoms. The Kier molecular flexibility index (Phi) is 1.12. The zero-order valence-electron chi connectivity index (χ0n) is 7.37. The van der Waals surface area contributed by atoms with Crippen LogP contribution in [-0.2, 0) is 14.3 Å². The fourth-order valence-electron chi connectivity index (χ4n) is 2.99. The van der Waals surface area contributed by atoms with Crippen LogP contribution in [0.25, 0.3) is 0 Å². The number of imide groups is 1. The van der Waals surface area contributed by atoms with Gasteiger partial charge in [0.2, 0.25) is 11.8 Å². The zero-order valence-corrected chi connectivity index (χ0v) is 7.37. The van der Waals surface area contributed by atoms with E-state index in [1.54, 1.807) is 0 Å². The number of hydrogen-bond acceptors (Lipinski definition) is 3. The molecule has 70 valence electrons. The molecule has 3 heterocycles. The van der Waals surface area contributed by atoms with E-state index < -0.39 is 5.41 Å². The predicted octanol–water partition coefficient (Wildman–Crippen LogP) is -0.174. The van der Waals surface area contributed by atoms with Crippen molar-refractivity contribution in [3.05, 3.63) is 0 Å². The lowest BCUT2D eigenvalue weighted by Crippen LogP contribution is -2.40. The third-order valence-corrected chi connectivity index (χ3v) is 3.75. The predicted molar refractivity (Wildman–Crippen MR) is 42.6 cm³/mol. The average Bonchev–Trinajstić information content (AvgIpc) is 2.66. The Hall–Kier alpha value is -0.900.